The predicted molar refractivity (Wildman–Crippen MR) is 199 cm³/mol. The molecule has 0 aliphatic carbocycles. The summed E-state index contributed by atoms with van der Waals surface area (Å²) < 4.78 is 53.7. The summed E-state index contributed by atoms with van der Waals surface area (Å²) in [4.78, 5) is 67.7. The lowest BCUT2D eigenvalue weighted by atomic mass is 9.88. The zero-order chi connectivity index (χ0) is 40.0. The molecule has 2 N–H and O–H groups in total. The number of ketones is 1. The standard InChI is InChI=1S/C40H61F3N4O7/c1-26(2)32-24-35(49)47(38(32)51)18-9-7-8-12-34(40(41,42)43)45-36(27(3)4)33(48)23-30(11-10-17-46-19-21-53-22-20-46)37(50)44-31-15-13-29(14-16-31)25-54-39(52)28(5)6/h13-16,26-28,30,32,34,36,45H,7-12,17-25H2,1-6H3,(H,44,50)/t30-,32?,34-,36+/m1/s1. The third-order valence-electron chi connectivity index (χ3n) is 10.3. The van der Waals surface area contributed by atoms with E-state index in [4.69, 9.17) is 9.47 Å². The number of rotatable bonds is 22. The molecule has 14 heteroatoms. The molecule has 2 aliphatic rings. The van der Waals surface area contributed by atoms with E-state index in [-0.39, 0.29) is 74.4 Å². The van der Waals surface area contributed by atoms with E-state index >= 15 is 0 Å². The van der Waals surface area contributed by atoms with Crippen molar-refractivity contribution < 1.29 is 46.6 Å². The molecule has 0 aromatic heterocycles. The summed E-state index contributed by atoms with van der Waals surface area (Å²) in [5.74, 6) is -3.44. The average Bonchev–Trinajstić information content (AvgIpc) is 3.40. The minimum atomic E-state index is -4.62. The number of Topliss-reactive ketones (excluding diaryl/α,β-unsaturated/α-hetero) is 1. The molecular formula is C40H61F3N4O7. The van der Waals surface area contributed by atoms with Gasteiger partial charge in [-0.25, -0.2) is 0 Å². The van der Waals surface area contributed by atoms with Gasteiger partial charge in [-0.3, -0.25) is 39.1 Å². The van der Waals surface area contributed by atoms with Crippen molar-refractivity contribution in [1.29, 1.82) is 0 Å². The fourth-order valence-corrected chi connectivity index (χ4v) is 6.81. The van der Waals surface area contributed by atoms with Crippen molar-refractivity contribution in [3.05, 3.63) is 29.8 Å². The molecule has 2 heterocycles. The van der Waals surface area contributed by atoms with Gasteiger partial charge in [0.05, 0.1) is 25.2 Å². The van der Waals surface area contributed by atoms with Crippen molar-refractivity contribution in [2.45, 2.75) is 118 Å². The Labute approximate surface area is 318 Å². The van der Waals surface area contributed by atoms with E-state index in [2.05, 4.69) is 15.5 Å². The Morgan fingerprint density at radius 2 is 1.57 bits per heavy atom. The van der Waals surface area contributed by atoms with Crippen LogP contribution >= 0.6 is 0 Å². The molecule has 2 aliphatic heterocycles. The molecular weight excluding hydrogens is 705 g/mol. The van der Waals surface area contributed by atoms with Gasteiger partial charge in [-0.2, -0.15) is 13.2 Å². The molecule has 304 valence electrons. The Morgan fingerprint density at radius 1 is 0.907 bits per heavy atom. The largest absolute Gasteiger partial charge is 0.461 e. The Hall–Kier alpha value is -3.36. The van der Waals surface area contributed by atoms with E-state index in [1.807, 2.05) is 13.8 Å². The van der Waals surface area contributed by atoms with E-state index < -0.39 is 41.8 Å². The number of carbonyl (C=O) groups excluding carboxylic acids is 5. The van der Waals surface area contributed by atoms with Gasteiger partial charge in [0.1, 0.15) is 12.6 Å². The Balaban J connectivity index is 1.63. The maximum absolute atomic E-state index is 14.3. The SMILES string of the molecule is CC(C)C(=O)OCc1ccc(NC(=O)[C@H](CCCN2CCOCC2)CC(=O)[C@@H](N[C@H](CCCCCN2C(=O)CC(C(C)C)C2=O)C(F)(F)F)C(C)C)cc1. The lowest BCUT2D eigenvalue weighted by Gasteiger charge is -2.30. The number of hydrogen-bond acceptors (Lipinski definition) is 9. The molecule has 3 amide bonds. The summed E-state index contributed by atoms with van der Waals surface area (Å²) in [7, 11) is 0. The number of halogens is 3. The van der Waals surface area contributed by atoms with E-state index in [1.165, 1.54) is 4.90 Å². The predicted octanol–water partition coefficient (Wildman–Crippen LogP) is 6.15. The van der Waals surface area contributed by atoms with Crippen LogP contribution in [0.25, 0.3) is 0 Å². The van der Waals surface area contributed by atoms with Gasteiger partial charge in [-0.1, -0.05) is 66.5 Å². The highest BCUT2D eigenvalue weighted by molar-refractivity contribution is 6.03. The van der Waals surface area contributed by atoms with Gasteiger partial charge in [-0.05, 0) is 61.8 Å². The van der Waals surface area contributed by atoms with Gasteiger partial charge in [0, 0.05) is 50.0 Å². The first-order valence-electron chi connectivity index (χ1n) is 19.5. The number of nitrogens with one attached hydrogen (secondary N) is 2. The summed E-state index contributed by atoms with van der Waals surface area (Å²) >= 11 is 0. The number of carbonyl (C=O) groups is 5. The monoisotopic (exact) mass is 766 g/mol. The number of likely N-dealkylation sites (tertiary alicyclic amines) is 1. The molecule has 0 spiro atoms. The molecule has 0 saturated carbocycles. The number of benzene rings is 1. The smallest absolute Gasteiger partial charge is 0.403 e. The lowest BCUT2D eigenvalue weighted by Crippen LogP contribution is -2.52. The summed E-state index contributed by atoms with van der Waals surface area (Å²) in [6.07, 6.45) is -3.00. The second-order valence-corrected chi connectivity index (χ2v) is 15.7. The molecule has 0 bridgehead atoms. The van der Waals surface area contributed by atoms with Crippen LogP contribution in [0.4, 0.5) is 18.9 Å². The van der Waals surface area contributed by atoms with Gasteiger partial charge in [0.2, 0.25) is 17.7 Å². The quantitative estimate of drug-likeness (QED) is 0.0810. The van der Waals surface area contributed by atoms with Crippen molar-refractivity contribution in [2.24, 2.45) is 29.6 Å². The van der Waals surface area contributed by atoms with E-state index in [0.717, 1.165) is 18.7 Å². The highest BCUT2D eigenvalue weighted by Crippen LogP contribution is 2.29. The highest BCUT2D eigenvalue weighted by Gasteiger charge is 2.43. The molecule has 54 heavy (non-hydrogen) atoms. The molecule has 2 fully saturated rings. The molecule has 0 radical (unpaired) electrons. The molecule has 11 nitrogen and oxygen atoms in total. The molecule has 1 unspecified atom stereocenters. The van der Waals surface area contributed by atoms with Crippen LogP contribution in [0.15, 0.2) is 24.3 Å². The van der Waals surface area contributed by atoms with E-state index in [1.54, 1.807) is 52.0 Å². The van der Waals surface area contributed by atoms with E-state index in [0.29, 0.717) is 51.1 Å². The summed E-state index contributed by atoms with van der Waals surface area (Å²) in [5, 5.41) is 5.48. The number of amides is 3. The summed E-state index contributed by atoms with van der Waals surface area (Å²) in [5.41, 5.74) is 1.22. The molecule has 1 aromatic rings. The number of anilines is 1. The molecule has 3 rings (SSSR count). The molecule has 1 aromatic carbocycles. The topological polar surface area (TPSA) is 134 Å². The number of alkyl halides is 3. The summed E-state index contributed by atoms with van der Waals surface area (Å²) in [6.45, 7) is 14.4. The minimum Gasteiger partial charge on any atom is -0.461 e. The maximum atomic E-state index is 14.3. The van der Waals surface area contributed by atoms with Crippen LogP contribution in [-0.4, -0.2) is 96.9 Å². The normalized spacial score (nSPS) is 18.7. The van der Waals surface area contributed by atoms with Crippen molar-refractivity contribution in [3.63, 3.8) is 0 Å². The van der Waals surface area contributed by atoms with Crippen molar-refractivity contribution in [3.8, 4) is 0 Å². The number of hydrogen-bond donors (Lipinski definition) is 2. The van der Waals surface area contributed by atoms with E-state index in [9.17, 15) is 37.1 Å². The zero-order valence-corrected chi connectivity index (χ0v) is 32.8. The zero-order valence-electron chi connectivity index (χ0n) is 32.8. The first-order valence-corrected chi connectivity index (χ1v) is 19.5. The fraction of sp³-hybridized carbons (Fsp3) is 0.725. The van der Waals surface area contributed by atoms with Crippen molar-refractivity contribution in [2.75, 3.05) is 44.7 Å². The van der Waals surface area contributed by atoms with Crippen LogP contribution in [-0.2, 0) is 40.1 Å². The average molecular weight is 767 g/mol. The first kappa shape index (κ1) is 45.0. The number of unbranched alkanes of at least 4 members (excludes halogenated alkanes) is 2. The Morgan fingerprint density at radius 3 is 2.15 bits per heavy atom. The number of imide groups is 1. The second-order valence-electron chi connectivity index (χ2n) is 15.7. The highest BCUT2D eigenvalue weighted by atomic mass is 19.4. The lowest BCUT2D eigenvalue weighted by molar-refractivity contribution is -0.161. The van der Waals surface area contributed by atoms with Crippen molar-refractivity contribution in [1.82, 2.24) is 15.1 Å². The Bertz CT molecular complexity index is 1380. The van der Waals surface area contributed by atoms with Gasteiger partial charge >= 0.3 is 12.1 Å². The minimum absolute atomic E-state index is 0.0359. The fourth-order valence-electron chi connectivity index (χ4n) is 6.81. The summed E-state index contributed by atoms with van der Waals surface area (Å²) in [6, 6.07) is 3.74. The van der Waals surface area contributed by atoms with Crippen molar-refractivity contribution >= 4 is 35.2 Å². The molecule has 2 saturated heterocycles. The van der Waals surface area contributed by atoms with Crippen LogP contribution in [0.2, 0.25) is 0 Å². The van der Waals surface area contributed by atoms with Crippen LogP contribution < -0.4 is 10.6 Å². The number of ether oxygens (including phenoxy) is 2. The Kier molecular flexibility index (Phi) is 18.1. The third kappa shape index (κ3) is 14.4. The number of esters is 1. The maximum Gasteiger partial charge on any atom is 0.403 e. The van der Waals surface area contributed by atoms with Crippen LogP contribution in [0.3, 0.4) is 0 Å². The van der Waals surface area contributed by atoms with Crippen LogP contribution in [0.5, 0.6) is 0 Å². The third-order valence-corrected chi connectivity index (χ3v) is 10.3. The first-order chi connectivity index (χ1) is 25.5. The van der Waals surface area contributed by atoms with Gasteiger partial charge in [0.25, 0.3) is 0 Å². The van der Waals surface area contributed by atoms with Gasteiger partial charge < -0.3 is 14.8 Å². The van der Waals surface area contributed by atoms with Crippen LogP contribution in [0, 0.1) is 29.6 Å². The van der Waals surface area contributed by atoms with Gasteiger partial charge in [0.15, 0.2) is 5.78 Å². The second kappa shape index (κ2) is 21.7. The van der Waals surface area contributed by atoms with Crippen LogP contribution in [0.1, 0.15) is 98.5 Å². The molecule has 4 atom stereocenters. The number of morpholine rings is 1. The number of nitrogens with zero attached hydrogens (tertiary/aromatic N) is 2. The van der Waals surface area contributed by atoms with Gasteiger partial charge in [-0.15, -0.1) is 0 Å².